The normalized spacial score (nSPS) is 8.44. The van der Waals surface area contributed by atoms with Gasteiger partial charge in [-0.15, -0.1) is 0 Å². The molecule has 222 valence electrons. The molecule has 4 aromatic carbocycles. The van der Waals surface area contributed by atoms with Crippen molar-refractivity contribution in [2.24, 2.45) is 0 Å². The Kier molecular flexibility index (Phi) is 25.9. The summed E-state index contributed by atoms with van der Waals surface area (Å²) in [6.07, 6.45) is 0. The average molecular weight is 731 g/mol. The van der Waals surface area contributed by atoms with Gasteiger partial charge in [-0.05, 0) is 21.5 Å². The molecule has 0 N–H and O–H groups in total. The fourth-order valence-electron chi connectivity index (χ4n) is 2.71. The molecule has 0 bridgehead atoms. The van der Waals surface area contributed by atoms with Crippen LogP contribution in [0.15, 0.2) is 97.1 Å². The fourth-order valence-corrected chi connectivity index (χ4v) is 2.71. The van der Waals surface area contributed by atoms with Crippen LogP contribution in [-0.2, 0) is 40.2 Å². The third-order valence-corrected chi connectivity index (χ3v) is 5.21. The molecule has 0 aliphatic heterocycles. The molecule has 7 heteroatoms. The van der Waals surface area contributed by atoms with E-state index in [1.807, 2.05) is 27.7 Å². The summed E-state index contributed by atoms with van der Waals surface area (Å²) in [6, 6.07) is 33.4. The van der Waals surface area contributed by atoms with Gasteiger partial charge in [-0.2, -0.15) is 0 Å². The topological polar surface area (TPSA) is 74.8 Å². The molecule has 0 fully saturated rings. The van der Waals surface area contributed by atoms with Crippen LogP contribution in [-0.4, -0.2) is 47.5 Å². The molecule has 0 saturated carbocycles. The Morgan fingerprint density at radius 1 is 0.390 bits per heavy atom. The minimum Gasteiger partial charge on any atom is -0.286 e. The van der Waals surface area contributed by atoms with Crippen molar-refractivity contribution < 1.29 is 40.2 Å². The zero-order valence-corrected chi connectivity index (χ0v) is 29.1. The first-order valence-electron chi connectivity index (χ1n) is 13.4. The van der Waals surface area contributed by atoms with E-state index in [2.05, 4.69) is 97.1 Å². The van der Waals surface area contributed by atoms with Crippen LogP contribution in [0, 0.1) is 0 Å². The second kappa shape index (κ2) is 25.3. The second-order valence-electron chi connectivity index (χ2n) is 7.89. The first kappa shape index (κ1) is 41.8. The summed E-state index contributed by atoms with van der Waals surface area (Å²) in [5.74, 6) is -0.898. The first-order valence-corrected chi connectivity index (χ1v) is 13.4. The standard InChI is InChI=1S/2C10H8.2C5H9NO2.2C2H6.W/c2*1-2-6-10-8-4-3-7-9(10)5-1;2*1-4(7)6(3)5(2)8;2*1-2;/h2*1-8H;2*1-3H3;2*1-2H3;. The van der Waals surface area contributed by atoms with Gasteiger partial charge in [0.2, 0.25) is 23.6 Å². The smallest absolute Gasteiger partial charge is 0.225 e. The summed E-state index contributed by atoms with van der Waals surface area (Å²) < 4.78 is 0. The number of amides is 4. The Morgan fingerprint density at radius 2 is 0.512 bits per heavy atom. The number of hydrogen-bond acceptors (Lipinski definition) is 4. The molecule has 0 spiro atoms. The van der Waals surface area contributed by atoms with Gasteiger partial charge in [-0.3, -0.25) is 29.0 Å². The molecule has 4 aromatic rings. The van der Waals surface area contributed by atoms with Crippen molar-refractivity contribution >= 4 is 45.2 Å². The molecule has 0 aliphatic rings. The van der Waals surface area contributed by atoms with Gasteiger partial charge in [0.1, 0.15) is 0 Å². The van der Waals surface area contributed by atoms with E-state index in [0.717, 1.165) is 9.80 Å². The number of imide groups is 2. The van der Waals surface area contributed by atoms with Crippen LogP contribution < -0.4 is 0 Å². The van der Waals surface area contributed by atoms with E-state index in [9.17, 15) is 19.2 Å². The minimum atomic E-state index is -0.225. The summed E-state index contributed by atoms with van der Waals surface area (Å²) in [5, 5.41) is 5.24. The van der Waals surface area contributed by atoms with Gasteiger partial charge >= 0.3 is 0 Å². The summed E-state index contributed by atoms with van der Waals surface area (Å²) in [4.78, 5) is 43.3. The number of carbonyl (C=O) groups is 4. The van der Waals surface area contributed by atoms with Crippen molar-refractivity contribution in [3.05, 3.63) is 97.1 Å². The number of fused-ring (bicyclic) bond motifs is 2. The Bertz CT molecular complexity index is 1050. The maximum Gasteiger partial charge on any atom is 0.225 e. The van der Waals surface area contributed by atoms with Gasteiger partial charge in [0.05, 0.1) is 0 Å². The third kappa shape index (κ3) is 18.4. The number of nitrogens with zero attached hydrogens (tertiary/aromatic N) is 2. The van der Waals surface area contributed by atoms with E-state index in [4.69, 9.17) is 0 Å². The van der Waals surface area contributed by atoms with E-state index < -0.39 is 0 Å². The number of hydrogen-bond donors (Lipinski definition) is 0. The number of benzene rings is 4. The van der Waals surface area contributed by atoms with E-state index >= 15 is 0 Å². The molecular weight excluding hydrogens is 684 g/mol. The van der Waals surface area contributed by atoms with Gasteiger partial charge in [-0.1, -0.05) is 125 Å². The summed E-state index contributed by atoms with van der Waals surface area (Å²) in [7, 11) is 2.90. The van der Waals surface area contributed by atoms with Gasteiger partial charge in [0, 0.05) is 62.9 Å². The van der Waals surface area contributed by atoms with Crippen molar-refractivity contribution in [1.82, 2.24) is 9.80 Å². The van der Waals surface area contributed by atoms with Crippen molar-refractivity contribution in [2.45, 2.75) is 55.4 Å². The molecular formula is C34H46N2O4W. The second-order valence-corrected chi connectivity index (χ2v) is 7.89. The van der Waals surface area contributed by atoms with E-state index in [0.29, 0.717) is 0 Å². The van der Waals surface area contributed by atoms with Crippen molar-refractivity contribution in [3.8, 4) is 0 Å². The molecule has 4 rings (SSSR count). The molecule has 41 heavy (non-hydrogen) atoms. The number of rotatable bonds is 0. The fraction of sp³-hybridized carbons (Fsp3) is 0.294. The summed E-state index contributed by atoms with van der Waals surface area (Å²) in [5.41, 5.74) is 0. The zero-order chi connectivity index (χ0) is 31.1. The number of carbonyl (C=O) groups excluding carboxylic acids is 4. The van der Waals surface area contributed by atoms with Crippen LogP contribution in [0.5, 0.6) is 0 Å². The largest absolute Gasteiger partial charge is 0.286 e. The van der Waals surface area contributed by atoms with Crippen LogP contribution in [0.4, 0.5) is 0 Å². The first-order chi connectivity index (χ1) is 19.0. The quantitative estimate of drug-likeness (QED) is 0.186. The van der Waals surface area contributed by atoms with Gasteiger partial charge in [0.25, 0.3) is 0 Å². The molecule has 0 radical (unpaired) electrons. The van der Waals surface area contributed by atoms with Crippen LogP contribution >= 0.6 is 0 Å². The van der Waals surface area contributed by atoms with Gasteiger partial charge in [0.15, 0.2) is 0 Å². The predicted octanol–water partition coefficient (Wildman–Crippen LogP) is 7.75. The van der Waals surface area contributed by atoms with Crippen molar-refractivity contribution in [2.75, 3.05) is 14.1 Å². The summed E-state index contributed by atoms with van der Waals surface area (Å²) in [6.45, 7) is 13.4. The molecule has 0 unspecified atom stereocenters. The molecule has 0 heterocycles. The molecule has 0 saturated heterocycles. The Balaban J connectivity index is -0.000000450. The van der Waals surface area contributed by atoms with Crippen LogP contribution in [0.3, 0.4) is 0 Å². The zero-order valence-electron chi connectivity index (χ0n) is 26.2. The molecule has 0 aliphatic carbocycles. The van der Waals surface area contributed by atoms with E-state index in [1.54, 1.807) is 0 Å². The van der Waals surface area contributed by atoms with Gasteiger partial charge in [-0.25, -0.2) is 0 Å². The monoisotopic (exact) mass is 730 g/mol. The predicted molar refractivity (Wildman–Crippen MR) is 169 cm³/mol. The third-order valence-electron chi connectivity index (χ3n) is 5.21. The maximum absolute atomic E-state index is 10.3. The Hall–Kier alpha value is -3.63. The van der Waals surface area contributed by atoms with Crippen LogP contribution in [0.25, 0.3) is 21.5 Å². The summed E-state index contributed by atoms with van der Waals surface area (Å²) >= 11 is 0. The van der Waals surface area contributed by atoms with Crippen LogP contribution in [0.2, 0.25) is 0 Å². The Labute approximate surface area is 261 Å². The molecule has 6 nitrogen and oxygen atoms in total. The van der Waals surface area contributed by atoms with Crippen molar-refractivity contribution in [1.29, 1.82) is 0 Å². The molecule has 0 atom stereocenters. The van der Waals surface area contributed by atoms with E-state index in [-0.39, 0.29) is 44.7 Å². The molecule has 4 amide bonds. The Morgan fingerprint density at radius 3 is 0.585 bits per heavy atom. The van der Waals surface area contributed by atoms with Crippen LogP contribution in [0.1, 0.15) is 55.4 Å². The minimum absolute atomic E-state index is 0. The van der Waals surface area contributed by atoms with Crippen molar-refractivity contribution in [3.63, 3.8) is 0 Å². The average Bonchev–Trinajstić information content (AvgIpc) is 2.99. The maximum atomic E-state index is 10.3. The SMILES string of the molecule is CC.CC.CC(=O)N(C)C(C)=O.CC(=O)N(C)C(C)=O.[W].c1ccc2ccccc2c1.c1ccc2ccccc2c1. The van der Waals surface area contributed by atoms with E-state index in [1.165, 1.54) is 63.3 Å². The molecule has 0 aromatic heterocycles. The van der Waals surface area contributed by atoms with Gasteiger partial charge < -0.3 is 0 Å².